The number of piperazine rings is 1. The van der Waals surface area contributed by atoms with E-state index >= 15 is 0 Å². The fourth-order valence-electron chi connectivity index (χ4n) is 3.12. The van der Waals surface area contributed by atoms with Gasteiger partial charge in [-0.15, -0.1) is 0 Å². The highest BCUT2D eigenvalue weighted by atomic mass is 79.9. The lowest BCUT2D eigenvalue weighted by atomic mass is 10.1. The SMILES string of the molecule is CC(c1ccc(Br)cc1)N1CCN(C(=O)c2cccc(N)c2)CC1. The lowest BCUT2D eigenvalue weighted by Crippen LogP contribution is -2.49. The Bertz CT molecular complexity index is 709. The molecule has 1 fully saturated rings. The summed E-state index contributed by atoms with van der Waals surface area (Å²) in [4.78, 5) is 16.9. The minimum atomic E-state index is 0.0678. The van der Waals surface area contributed by atoms with Crippen molar-refractivity contribution in [2.24, 2.45) is 0 Å². The van der Waals surface area contributed by atoms with Gasteiger partial charge < -0.3 is 10.6 Å². The van der Waals surface area contributed by atoms with Crippen LogP contribution in [-0.4, -0.2) is 41.9 Å². The molecule has 24 heavy (non-hydrogen) atoms. The average molecular weight is 388 g/mol. The zero-order valence-electron chi connectivity index (χ0n) is 13.8. The molecule has 1 aliphatic rings. The Morgan fingerprint density at radius 1 is 1.08 bits per heavy atom. The molecule has 3 rings (SSSR count). The first-order valence-electron chi connectivity index (χ1n) is 8.19. The highest BCUT2D eigenvalue weighted by Crippen LogP contribution is 2.23. The topological polar surface area (TPSA) is 49.6 Å². The van der Waals surface area contributed by atoms with Crippen molar-refractivity contribution in [3.8, 4) is 0 Å². The summed E-state index contributed by atoms with van der Waals surface area (Å²) in [6.07, 6.45) is 0. The third-order valence-electron chi connectivity index (χ3n) is 4.64. The van der Waals surface area contributed by atoms with Gasteiger partial charge in [0, 0.05) is 47.9 Å². The summed E-state index contributed by atoms with van der Waals surface area (Å²) < 4.78 is 1.09. The first kappa shape index (κ1) is 17.0. The molecule has 0 saturated carbocycles. The third kappa shape index (κ3) is 3.79. The van der Waals surface area contributed by atoms with Crippen LogP contribution in [0.4, 0.5) is 5.69 Å². The Kier molecular flexibility index (Phi) is 5.21. The van der Waals surface area contributed by atoms with E-state index < -0.39 is 0 Å². The Morgan fingerprint density at radius 3 is 2.38 bits per heavy atom. The fraction of sp³-hybridized carbons (Fsp3) is 0.316. The van der Waals surface area contributed by atoms with Crippen LogP contribution >= 0.6 is 15.9 Å². The van der Waals surface area contributed by atoms with Gasteiger partial charge in [-0.3, -0.25) is 9.69 Å². The minimum absolute atomic E-state index is 0.0678. The monoisotopic (exact) mass is 387 g/mol. The molecule has 0 aromatic heterocycles. The number of nitrogens with zero attached hydrogens (tertiary/aromatic N) is 2. The normalized spacial score (nSPS) is 16.8. The second kappa shape index (κ2) is 7.36. The maximum Gasteiger partial charge on any atom is 0.254 e. The first-order chi connectivity index (χ1) is 11.5. The smallest absolute Gasteiger partial charge is 0.254 e. The number of halogens is 1. The Morgan fingerprint density at radius 2 is 1.75 bits per heavy atom. The van der Waals surface area contributed by atoms with Crippen LogP contribution in [0.15, 0.2) is 53.0 Å². The number of anilines is 1. The van der Waals surface area contributed by atoms with Crippen LogP contribution in [0.25, 0.3) is 0 Å². The van der Waals surface area contributed by atoms with E-state index in [0.29, 0.717) is 17.3 Å². The lowest BCUT2D eigenvalue weighted by Gasteiger charge is -2.38. The summed E-state index contributed by atoms with van der Waals surface area (Å²) >= 11 is 3.47. The molecule has 2 N–H and O–H groups in total. The van der Waals surface area contributed by atoms with E-state index in [2.05, 4.69) is 52.0 Å². The number of carbonyl (C=O) groups excluding carboxylic acids is 1. The van der Waals surface area contributed by atoms with Crippen LogP contribution in [0.3, 0.4) is 0 Å². The van der Waals surface area contributed by atoms with E-state index in [1.54, 1.807) is 12.1 Å². The standard InChI is InChI=1S/C19H22BrN3O/c1-14(15-5-7-17(20)8-6-15)22-9-11-23(12-10-22)19(24)16-3-2-4-18(21)13-16/h2-8,13-14H,9-12,21H2,1H3. The number of benzene rings is 2. The van der Waals surface area contributed by atoms with Crippen molar-refractivity contribution < 1.29 is 4.79 Å². The van der Waals surface area contributed by atoms with Crippen LogP contribution in [0.1, 0.15) is 28.9 Å². The highest BCUT2D eigenvalue weighted by molar-refractivity contribution is 9.10. The van der Waals surface area contributed by atoms with Crippen molar-refractivity contribution in [2.75, 3.05) is 31.9 Å². The molecular weight excluding hydrogens is 366 g/mol. The van der Waals surface area contributed by atoms with Gasteiger partial charge in [-0.25, -0.2) is 0 Å². The maximum atomic E-state index is 12.6. The van der Waals surface area contributed by atoms with E-state index in [1.165, 1.54) is 5.56 Å². The van der Waals surface area contributed by atoms with Gasteiger partial charge in [-0.05, 0) is 42.8 Å². The Labute approximate surface area is 151 Å². The number of hydrogen-bond acceptors (Lipinski definition) is 3. The van der Waals surface area contributed by atoms with Gasteiger partial charge in [-0.2, -0.15) is 0 Å². The second-order valence-electron chi connectivity index (χ2n) is 6.18. The predicted molar refractivity (Wildman–Crippen MR) is 101 cm³/mol. The van der Waals surface area contributed by atoms with Crippen LogP contribution in [0, 0.1) is 0 Å². The predicted octanol–water partition coefficient (Wildman–Crippen LogP) is 3.55. The number of nitrogen functional groups attached to an aromatic ring is 1. The number of nitrogens with two attached hydrogens (primary N) is 1. The zero-order valence-corrected chi connectivity index (χ0v) is 15.4. The molecule has 1 aliphatic heterocycles. The molecule has 1 saturated heterocycles. The molecular formula is C19H22BrN3O. The van der Waals surface area contributed by atoms with Crippen LogP contribution in [-0.2, 0) is 0 Å². The van der Waals surface area contributed by atoms with Crippen molar-refractivity contribution in [1.82, 2.24) is 9.80 Å². The van der Waals surface area contributed by atoms with Crippen molar-refractivity contribution in [1.29, 1.82) is 0 Å². The minimum Gasteiger partial charge on any atom is -0.399 e. The van der Waals surface area contributed by atoms with E-state index in [1.807, 2.05) is 17.0 Å². The Balaban J connectivity index is 1.61. The molecule has 5 heteroatoms. The maximum absolute atomic E-state index is 12.6. The van der Waals surface area contributed by atoms with Crippen LogP contribution in [0.5, 0.6) is 0 Å². The van der Waals surface area contributed by atoms with E-state index in [9.17, 15) is 4.79 Å². The van der Waals surface area contributed by atoms with Gasteiger partial charge >= 0.3 is 0 Å². The van der Waals surface area contributed by atoms with Gasteiger partial charge in [-0.1, -0.05) is 34.1 Å². The largest absolute Gasteiger partial charge is 0.399 e. The van der Waals surface area contributed by atoms with Gasteiger partial charge in [0.25, 0.3) is 5.91 Å². The average Bonchev–Trinajstić information content (AvgIpc) is 2.61. The van der Waals surface area contributed by atoms with Crippen molar-refractivity contribution in [3.63, 3.8) is 0 Å². The molecule has 126 valence electrons. The molecule has 2 aromatic rings. The van der Waals surface area contributed by atoms with E-state index in [-0.39, 0.29) is 5.91 Å². The molecule has 1 unspecified atom stereocenters. The number of carbonyl (C=O) groups is 1. The summed E-state index contributed by atoms with van der Waals surface area (Å²) in [6.45, 7) is 5.47. The summed E-state index contributed by atoms with van der Waals surface area (Å²) in [7, 11) is 0. The van der Waals surface area contributed by atoms with Gasteiger partial charge in [0.1, 0.15) is 0 Å². The first-order valence-corrected chi connectivity index (χ1v) is 8.98. The molecule has 1 amide bonds. The zero-order chi connectivity index (χ0) is 17.1. The second-order valence-corrected chi connectivity index (χ2v) is 7.10. The van der Waals surface area contributed by atoms with Gasteiger partial charge in [0.15, 0.2) is 0 Å². The molecule has 0 radical (unpaired) electrons. The fourth-order valence-corrected chi connectivity index (χ4v) is 3.38. The Hall–Kier alpha value is -1.85. The number of rotatable bonds is 3. The van der Waals surface area contributed by atoms with Crippen molar-refractivity contribution >= 4 is 27.5 Å². The van der Waals surface area contributed by atoms with E-state index in [0.717, 1.165) is 30.7 Å². The van der Waals surface area contributed by atoms with Crippen molar-refractivity contribution in [3.05, 3.63) is 64.1 Å². The number of amides is 1. The third-order valence-corrected chi connectivity index (χ3v) is 5.16. The molecule has 0 aliphatic carbocycles. The highest BCUT2D eigenvalue weighted by Gasteiger charge is 2.25. The molecule has 0 bridgehead atoms. The van der Waals surface area contributed by atoms with Crippen molar-refractivity contribution in [2.45, 2.75) is 13.0 Å². The summed E-state index contributed by atoms with van der Waals surface area (Å²) in [5.41, 5.74) is 8.38. The molecule has 1 heterocycles. The van der Waals surface area contributed by atoms with Gasteiger partial charge in [0.05, 0.1) is 0 Å². The molecule has 4 nitrogen and oxygen atoms in total. The summed E-state index contributed by atoms with van der Waals surface area (Å²) in [6, 6.07) is 16.0. The van der Waals surface area contributed by atoms with E-state index in [4.69, 9.17) is 5.73 Å². The van der Waals surface area contributed by atoms with Crippen LogP contribution in [0.2, 0.25) is 0 Å². The molecule has 1 atom stereocenters. The summed E-state index contributed by atoms with van der Waals surface area (Å²) in [5, 5.41) is 0. The summed E-state index contributed by atoms with van der Waals surface area (Å²) in [5.74, 6) is 0.0678. The van der Waals surface area contributed by atoms with Crippen LogP contribution < -0.4 is 5.73 Å². The van der Waals surface area contributed by atoms with Gasteiger partial charge in [0.2, 0.25) is 0 Å². The lowest BCUT2D eigenvalue weighted by molar-refractivity contribution is 0.0582. The quantitative estimate of drug-likeness (QED) is 0.819. The molecule has 0 spiro atoms. The molecule has 2 aromatic carbocycles. The number of hydrogen-bond donors (Lipinski definition) is 1.